The molecule has 2 aromatic rings. The molecule has 0 aromatic heterocycles. The lowest BCUT2D eigenvalue weighted by atomic mass is 10.0. The van der Waals surface area contributed by atoms with Gasteiger partial charge in [0.2, 0.25) is 0 Å². The van der Waals surface area contributed by atoms with E-state index in [1.165, 1.54) is 0 Å². The smallest absolute Gasteiger partial charge is 0.178 e. The van der Waals surface area contributed by atoms with Crippen LogP contribution in [-0.2, 0) is 9.84 Å². The van der Waals surface area contributed by atoms with Crippen LogP contribution in [0.5, 0.6) is 0 Å². The Morgan fingerprint density at radius 1 is 1.10 bits per heavy atom. The van der Waals surface area contributed by atoms with Crippen molar-refractivity contribution in [1.29, 1.82) is 0 Å². The standard InChI is InChI=1S/C15H14BrNO2S/c16-11-4-3-5-12(10-11)17-14-8-9-20(18,19)15-7-2-1-6-13(14)15/h1-7,10,14,17H,8-9H2. The maximum atomic E-state index is 12.1. The van der Waals surface area contributed by atoms with Crippen molar-refractivity contribution >= 4 is 31.5 Å². The minimum Gasteiger partial charge on any atom is -0.378 e. The largest absolute Gasteiger partial charge is 0.378 e. The highest BCUT2D eigenvalue weighted by Crippen LogP contribution is 2.34. The predicted octanol–water partition coefficient (Wildman–Crippen LogP) is 3.78. The summed E-state index contributed by atoms with van der Waals surface area (Å²) in [5.74, 6) is 0.190. The van der Waals surface area contributed by atoms with E-state index in [9.17, 15) is 8.42 Å². The van der Waals surface area contributed by atoms with Crippen LogP contribution < -0.4 is 5.32 Å². The second kappa shape index (κ2) is 5.22. The highest BCUT2D eigenvalue weighted by Gasteiger charge is 2.29. The Labute approximate surface area is 127 Å². The average Bonchev–Trinajstić information content (AvgIpc) is 2.43. The van der Waals surface area contributed by atoms with Gasteiger partial charge in [0.25, 0.3) is 0 Å². The number of sulfone groups is 1. The molecule has 5 heteroatoms. The van der Waals surface area contributed by atoms with Crippen LogP contribution in [0.4, 0.5) is 5.69 Å². The van der Waals surface area contributed by atoms with Gasteiger partial charge in [-0.25, -0.2) is 8.42 Å². The van der Waals surface area contributed by atoms with Crippen LogP contribution in [0.25, 0.3) is 0 Å². The van der Waals surface area contributed by atoms with Crippen molar-refractivity contribution < 1.29 is 8.42 Å². The molecular weight excluding hydrogens is 338 g/mol. The molecule has 1 unspecified atom stereocenters. The first-order valence-electron chi connectivity index (χ1n) is 6.40. The van der Waals surface area contributed by atoms with E-state index in [0.29, 0.717) is 11.3 Å². The van der Waals surface area contributed by atoms with E-state index in [1.54, 1.807) is 12.1 Å². The number of anilines is 1. The Balaban J connectivity index is 1.96. The summed E-state index contributed by atoms with van der Waals surface area (Å²) in [4.78, 5) is 0.457. The summed E-state index contributed by atoms with van der Waals surface area (Å²) < 4.78 is 25.2. The molecule has 20 heavy (non-hydrogen) atoms. The van der Waals surface area contributed by atoms with Crippen LogP contribution in [0.3, 0.4) is 0 Å². The lowest BCUT2D eigenvalue weighted by Gasteiger charge is -2.27. The van der Waals surface area contributed by atoms with E-state index >= 15 is 0 Å². The molecule has 0 fully saturated rings. The van der Waals surface area contributed by atoms with Crippen LogP contribution in [0.1, 0.15) is 18.0 Å². The molecule has 3 rings (SSSR count). The Morgan fingerprint density at radius 2 is 1.90 bits per heavy atom. The summed E-state index contributed by atoms with van der Waals surface area (Å²) in [6.45, 7) is 0. The molecule has 1 aliphatic heterocycles. The highest BCUT2D eigenvalue weighted by atomic mass is 79.9. The fourth-order valence-electron chi connectivity index (χ4n) is 2.52. The van der Waals surface area contributed by atoms with Crippen molar-refractivity contribution in [2.24, 2.45) is 0 Å². The molecule has 104 valence electrons. The molecule has 0 saturated carbocycles. The number of hydrogen-bond donors (Lipinski definition) is 1. The fourth-order valence-corrected chi connectivity index (χ4v) is 4.54. The van der Waals surface area contributed by atoms with Crippen molar-refractivity contribution in [2.45, 2.75) is 17.4 Å². The van der Waals surface area contributed by atoms with Crippen molar-refractivity contribution in [3.05, 3.63) is 58.6 Å². The van der Waals surface area contributed by atoms with Crippen molar-refractivity contribution in [2.75, 3.05) is 11.1 Å². The molecule has 0 radical (unpaired) electrons. The molecule has 0 saturated heterocycles. The minimum atomic E-state index is -3.12. The number of halogens is 1. The number of benzene rings is 2. The van der Waals surface area contributed by atoms with E-state index < -0.39 is 9.84 Å². The molecule has 0 aliphatic carbocycles. The SMILES string of the molecule is O=S1(=O)CCC(Nc2cccc(Br)c2)c2ccccc21. The van der Waals surface area contributed by atoms with E-state index in [1.807, 2.05) is 36.4 Å². The first-order valence-corrected chi connectivity index (χ1v) is 8.84. The van der Waals surface area contributed by atoms with Gasteiger partial charge in [-0.05, 0) is 36.2 Å². The van der Waals surface area contributed by atoms with Crippen LogP contribution in [0.2, 0.25) is 0 Å². The van der Waals surface area contributed by atoms with Gasteiger partial charge in [0.15, 0.2) is 9.84 Å². The van der Waals surface area contributed by atoms with Gasteiger partial charge in [0.1, 0.15) is 0 Å². The number of hydrogen-bond acceptors (Lipinski definition) is 3. The summed E-state index contributed by atoms with van der Waals surface area (Å²) in [5.41, 5.74) is 1.84. The predicted molar refractivity (Wildman–Crippen MR) is 83.6 cm³/mol. The first kappa shape index (κ1) is 13.6. The molecule has 0 bridgehead atoms. The third-order valence-corrected chi connectivity index (χ3v) is 5.78. The normalized spacial score (nSPS) is 20.1. The molecule has 0 amide bonds. The Morgan fingerprint density at radius 3 is 2.70 bits per heavy atom. The lowest BCUT2D eigenvalue weighted by Crippen LogP contribution is -2.24. The molecule has 0 spiro atoms. The zero-order valence-electron chi connectivity index (χ0n) is 10.7. The van der Waals surface area contributed by atoms with Crippen molar-refractivity contribution in [1.82, 2.24) is 0 Å². The molecule has 1 heterocycles. The van der Waals surface area contributed by atoms with Crippen molar-refractivity contribution in [3.63, 3.8) is 0 Å². The number of nitrogens with one attached hydrogen (secondary N) is 1. The maximum absolute atomic E-state index is 12.1. The van der Waals surface area contributed by atoms with Crippen LogP contribution >= 0.6 is 15.9 Å². The van der Waals surface area contributed by atoms with Crippen LogP contribution in [0, 0.1) is 0 Å². The van der Waals surface area contributed by atoms with Gasteiger partial charge in [0, 0.05) is 10.2 Å². The monoisotopic (exact) mass is 351 g/mol. The summed E-state index contributed by atoms with van der Waals surface area (Å²) >= 11 is 3.44. The zero-order valence-corrected chi connectivity index (χ0v) is 13.1. The number of fused-ring (bicyclic) bond motifs is 1. The lowest BCUT2D eigenvalue weighted by molar-refractivity contribution is 0.576. The van der Waals surface area contributed by atoms with Gasteiger partial charge in [-0.2, -0.15) is 0 Å². The highest BCUT2D eigenvalue weighted by molar-refractivity contribution is 9.10. The quantitative estimate of drug-likeness (QED) is 0.895. The minimum absolute atomic E-state index is 0.0315. The topological polar surface area (TPSA) is 46.2 Å². The summed E-state index contributed by atoms with van der Waals surface area (Å²) in [6.07, 6.45) is 0.589. The van der Waals surface area contributed by atoms with Gasteiger partial charge >= 0.3 is 0 Å². The zero-order chi connectivity index (χ0) is 14.2. The van der Waals surface area contributed by atoms with Crippen LogP contribution in [0.15, 0.2) is 57.9 Å². The first-order chi connectivity index (χ1) is 9.56. The Kier molecular flexibility index (Phi) is 3.56. The van der Waals surface area contributed by atoms with Gasteiger partial charge in [-0.3, -0.25) is 0 Å². The summed E-state index contributed by atoms with van der Waals surface area (Å²) in [6, 6.07) is 15.2. The molecule has 1 aliphatic rings. The second-order valence-corrected chi connectivity index (χ2v) is 7.85. The average molecular weight is 352 g/mol. The van der Waals surface area contributed by atoms with Crippen molar-refractivity contribution in [3.8, 4) is 0 Å². The van der Waals surface area contributed by atoms with E-state index in [2.05, 4.69) is 21.2 Å². The molecule has 1 N–H and O–H groups in total. The third kappa shape index (κ3) is 2.60. The Bertz CT molecular complexity index is 743. The molecule has 1 atom stereocenters. The third-order valence-electron chi connectivity index (χ3n) is 3.47. The number of rotatable bonds is 2. The van der Waals surface area contributed by atoms with E-state index in [4.69, 9.17) is 0 Å². The van der Waals surface area contributed by atoms with Gasteiger partial charge < -0.3 is 5.32 Å². The Hall–Kier alpha value is -1.33. The summed E-state index contributed by atoms with van der Waals surface area (Å²) in [7, 11) is -3.12. The molecular formula is C15H14BrNO2S. The van der Waals surface area contributed by atoms with Gasteiger partial charge in [-0.15, -0.1) is 0 Å². The van der Waals surface area contributed by atoms with E-state index in [-0.39, 0.29) is 11.8 Å². The molecule has 2 aromatic carbocycles. The summed E-state index contributed by atoms with van der Waals surface area (Å²) in [5, 5.41) is 3.42. The van der Waals surface area contributed by atoms with Gasteiger partial charge in [0.05, 0.1) is 16.7 Å². The fraction of sp³-hybridized carbons (Fsp3) is 0.200. The maximum Gasteiger partial charge on any atom is 0.178 e. The second-order valence-electron chi connectivity index (χ2n) is 4.85. The van der Waals surface area contributed by atoms with Gasteiger partial charge in [-0.1, -0.05) is 40.2 Å². The van der Waals surface area contributed by atoms with Crippen LogP contribution in [-0.4, -0.2) is 14.2 Å². The molecule has 3 nitrogen and oxygen atoms in total. The van der Waals surface area contributed by atoms with E-state index in [0.717, 1.165) is 15.7 Å².